The Labute approximate surface area is 105 Å². The average molecular weight is 248 g/mol. The van der Waals surface area contributed by atoms with Crippen molar-refractivity contribution in [3.8, 4) is 0 Å². The summed E-state index contributed by atoms with van der Waals surface area (Å²) in [6.45, 7) is 5.61. The molecule has 2 nitrogen and oxygen atoms in total. The van der Waals surface area contributed by atoms with Gasteiger partial charge in [0.1, 0.15) is 0 Å². The summed E-state index contributed by atoms with van der Waals surface area (Å²) in [5, 5.41) is 2.66. The van der Waals surface area contributed by atoms with Crippen molar-refractivity contribution in [3.63, 3.8) is 0 Å². The van der Waals surface area contributed by atoms with Gasteiger partial charge in [-0.3, -0.25) is 0 Å². The van der Waals surface area contributed by atoms with Crippen LogP contribution in [0.3, 0.4) is 0 Å². The SMILES string of the molecule is C=C(COC1CCCCO1)[SiH2]c1ccccc1. The van der Waals surface area contributed by atoms with Gasteiger partial charge in [0, 0.05) is 6.61 Å². The minimum atomic E-state index is -0.409. The van der Waals surface area contributed by atoms with Crippen LogP contribution in [0, 0.1) is 0 Å². The van der Waals surface area contributed by atoms with Crippen molar-refractivity contribution in [2.75, 3.05) is 13.2 Å². The van der Waals surface area contributed by atoms with E-state index in [9.17, 15) is 0 Å². The molecule has 1 atom stereocenters. The summed E-state index contributed by atoms with van der Waals surface area (Å²) in [6, 6.07) is 10.6. The lowest BCUT2D eigenvalue weighted by molar-refractivity contribution is -0.156. The normalized spacial score (nSPS) is 20.8. The molecule has 1 fully saturated rings. The maximum Gasteiger partial charge on any atom is 0.157 e. The Hall–Kier alpha value is -0.903. The molecule has 1 heterocycles. The third kappa shape index (κ3) is 4.46. The van der Waals surface area contributed by atoms with Gasteiger partial charge in [-0.05, 0) is 19.3 Å². The second-order valence-corrected chi connectivity index (χ2v) is 6.69. The predicted octanol–water partition coefficient (Wildman–Crippen LogP) is 1.54. The maximum atomic E-state index is 5.73. The number of hydrogen-bond acceptors (Lipinski definition) is 2. The van der Waals surface area contributed by atoms with E-state index in [1.54, 1.807) is 0 Å². The van der Waals surface area contributed by atoms with Gasteiger partial charge in [-0.15, -0.1) is 6.58 Å². The summed E-state index contributed by atoms with van der Waals surface area (Å²) >= 11 is 0. The zero-order valence-corrected chi connectivity index (χ0v) is 11.6. The highest BCUT2D eigenvalue weighted by Crippen LogP contribution is 2.14. The molecule has 1 unspecified atom stereocenters. The maximum absolute atomic E-state index is 5.73. The Kier molecular flexibility index (Phi) is 4.98. The van der Waals surface area contributed by atoms with Gasteiger partial charge in [-0.2, -0.15) is 0 Å². The Morgan fingerprint density at radius 2 is 2.18 bits per heavy atom. The van der Waals surface area contributed by atoms with Crippen molar-refractivity contribution < 1.29 is 9.47 Å². The molecule has 0 saturated carbocycles. The molecule has 1 aliphatic rings. The molecule has 0 bridgehead atoms. The molecule has 17 heavy (non-hydrogen) atoms. The largest absolute Gasteiger partial charge is 0.353 e. The van der Waals surface area contributed by atoms with Gasteiger partial charge >= 0.3 is 0 Å². The topological polar surface area (TPSA) is 18.5 Å². The van der Waals surface area contributed by atoms with Gasteiger partial charge in [0.2, 0.25) is 0 Å². The molecule has 0 amide bonds. The molecule has 3 heteroatoms. The Morgan fingerprint density at radius 1 is 1.35 bits per heavy atom. The van der Waals surface area contributed by atoms with Gasteiger partial charge in [0.05, 0.1) is 16.1 Å². The fraction of sp³-hybridized carbons (Fsp3) is 0.429. The van der Waals surface area contributed by atoms with Gasteiger partial charge < -0.3 is 9.47 Å². The van der Waals surface area contributed by atoms with E-state index in [-0.39, 0.29) is 6.29 Å². The summed E-state index contributed by atoms with van der Waals surface area (Å²) in [5.74, 6) is 0. The van der Waals surface area contributed by atoms with E-state index in [1.165, 1.54) is 23.2 Å². The van der Waals surface area contributed by atoms with E-state index >= 15 is 0 Å². The first kappa shape index (κ1) is 12.6. The van der Waals surface area contributed by atoms with Crippen LogP contribution in [0.2, 0.25) is 0 Å². The van der Waals surface area contributed by atoms with Crippen molar-refractivity contribution in [3.05, 3.63) is 42.1 Å². The van der Waals surface area contributed by atoms with Crippen molar-refractivity contribution in [1.82, 2.24) is 0 Å². The van der Waals surface area contributed by atoms with Gasteiger partial charge in [-0.1, -0.05) is 40.7 Å². The lowest BCUT2D eigenvalue weighted by atomic mass is 10.2. The molecule has 0 radical (unpaired) electrons. The molecular formula is C14H20O2Si. The molecular weight excluding hydrogens is 228 g/mol. The second-order valence-electron chi connectivity index (χ2n) is 4.52. The van der Waals surface area contributed by atoms with E-state index in [1.807, 2.05) is 6.07 Å². The third-order valence-corrected chi connectivity index (χ3v) is 4.49. The Bertz CT molecular complexity index is 344. The first-order valence-electron chi connectivity index (χ1n) is 6.28. The van der Waals surface area contributed by atoms with Crippen molar-refractivity contribution in [2.24, 2.45) is 0 Å². The number of rotatable bonds is 5. The summed E-state index contributed by atoms with van der Waals surface area (Å²) in [4.78, 5) is 0. The highest BCUT2D eigenvalue weighted by atomic mass is 28.2. The molecule has 1 aromatic rings. The summed E-state index contributed by atoms with van der Waals surface area (Å²) in [6.07, 6.45) is 3.41. The molecule has 1 aliphatic heterocycles. The van der Waals surface area contributed by atoms with E-state index in [0.717, 1.165) is 13.0 Å². The molecule has 0 N–H and O–H groups in total. The van der Waals surface area contributed by atoms with Crippen LogP contribution in [-0.2, 0) is 9.47 Å². The van der Waals surface area contributed by atoms with Gasteiger partial charge in [-0.25, -0.2) is 0 Å². The van der Waals surface area contributed by atoms with Crippen LogP contribution in [0.4, 0.5) is 0 Å². The Morgan fingerprint density at radius 3 is 2.88 bits per heavy atom. The smallest absolute Gasteiger partial charge is 0.157 e. The first-order valence-corrected chi connectivity index (χ1v) is 7.70. The lowest BCUT2D eigenvalue weighted by Gasteiger charge is -2.23. The molecule has 0 aromatic heterocycles. The van der Waals surface area contributed by atoms with Crippen LogP contribution in [0.1, 0.15) is 19.3 Å². The Balaban J connectivity index is 1.70. The molecule has 92 valence electrons. The van der Waals surface area contributed by atoms with Crippen molar-refractivity contribution >= 4 is 14.7 Å². The molecule has 0 aliphatic carbocycles. The van der Waals surface area contributed by atoms with Crippen LogP contribution in [-0.4, -0.2) is 29.0 Å². The molecule has 1 aromatic carbocycles. The van der Waals surface area contributed by atoms with Crippen LogP contribution < -0.4 is 5.19 Å². The monoisotopic (exact) mass is 248 g/mol. The standard InChI is InChI=1S/C14H20O2Si/c1-12(17-13-7-3-2-4-8-13)11-16-14-9-5-6-10-15-14/h2-4,7-8,14H,1,5-6,9-11,17H2. The van der Waals surface area contributed by atoms with E-state index < -0.39 is 9.52 Å². The predicted molar refractivity (Wildman–Crippen MR) is 73.3 cm³/mol. The fourth-order valence-electron chi connectivity index (χ4n) is 1.99. The van der Waals surface area contributed by atoms with E-state index in [2.05, 4.69) is 30.8 Å². The highest BCUT2D eigenvalue weighted by Gasteiger charge is 2.14. The summed E-state index contributed by atoms with van der Waals surface area (Å²) < 4.78 is 11.3. The van der Waals surface area contributed by atoms with Crippen LogP contribution in [0.5, 0.6) is 0 Å². The van der Waals surface area contributed by atoms with Gasteiger partial charge in [0.15, 0.2) is 6.29 Å². The third-order valence-electron chi connectivity index (χ3n) is 2.91. The zero-order valence-electron chi connectivity index (χ0n) is 10.2. The summed E-state index contributed by atoms with van der Waals surface area (Å²) in [5.41, 5.74) is 0. The lowest BCUT2D eigenvalue weighted by Crippen LogP contribution is -2.25. The van der Waals surface area contributed by atoms with Crippen molar-refractivity contribution in [1.29, 1.82) is 0 Å². The quantitative estimate of drug-likeness (QED) is 0.736. The molecule has 2 rings (SSSR count). The zero-order chi connectivity index (χ0) is 11.9. The molecule has 0 spiro atoms. The fourth-order valence-corrected chi connectivity index (χ4v) is 3.29. The number of ether oxygens (including phenoxy) is 2. The minimum absolute atomic E-state index is 0.00488. The highest BCUT2D eigenvalue weighted by molar-refractivity contribution is 6.60. The van der Waals surface area contributed by atoms with E-state index in [0.29, 0.717) is 6.61 Å². The summed E-state index contributed by atoms with van der Waals surface area (Å²) in [7, 11) is -0.409. The van der Waals surface area contributed by atoms with Crippen LogP contribution >= 0.6 is 0 Å². The van der Waals surface area contributed by atoms with Crippen LogP contribution in [0.15, 0.2) is 42.1 Å². The average Bonchev–Trinajstić information content (AvgIpc) is 2.39. The first-order chi connectivity index (χ1) is 8.34. The minimum Gasteiger partial charge on any atom is -0.353 e. The molecule has 1 saturated heterocycles. The number of hydrogen-bond donors (Lipinski definition) is 0. The number of benzene rings is 1. The second kappa shape index (κ2) is 6.74. The van der Waals surface area contributed by atoms with Crippen molar-refractivity contribution in [2.45, 2.75) is 25.6 Å². The van der Waals surface area contributed by atoms with E-state index in [4.69, 9.17) is 9.47 Å². The van der Waals surface area contributed by atoms with Gasteiger partial charge in [0.25, 0.3) is 0 Å². The van der Waals surface area contributed by atoms with Crippen LogP contribution in [0.25, 0.3) is 0 Å².